The number of aldehydes is 1. The molecule has 0 spiro atoms. The Bertz CT molecular complexity index is 470. The van der Waals surface area contributed by atoms with Gasteiger partial charge in [-0.05, 0) is 31.4 Å². The predicted molar refractivity (Wildman–Crippen MR) is 67.7 cm³/mol. The molecule has 5 heteroatoms. The Balaban J connectivity index is 1.92. The van der Waals surface area contributed by atoms with Gasteiger partial charge < -0.3 is 9.64 Å². The molecule has 1 saturated heterocycles. The minimum atomic E-state index is -0.551. The number of amides is 1. The van der Waals surface area contributed by atoms with Gasteiger partial charge in [-0.15, -0.1) is 0 Å². The minimum Gasteiger partial charge on any atom is -0.484 e. The quantitative estimate of drug-likeness (QED) is 0.782. The maximum absolute atomic E-state index is 13.2. The lowest BCUT2D eigenvalue weighted by Gasteiger charge is -2.26. The Kier molecular flexibility index (Phi) is 4.49. The highest BCUT2D eigenvalue weighted by atomic mass is 19.1. The van der Waals surface area contributed by atoms with E-state index in [4.69, 9.17) is 4.74 Å². The van der Waals surface area contributed by atoms with Crippen LogP contribution in [0.4, 0.5) is 4.39 Å². The van der Waals surface area contributed by atoms with Crippen molar-refractivity contribution in [1.29, 1.82) is 0 Å². The second-order valence-corrected chi connectivity index (χ2v) is 4.57. The number of nitrogens with zero attached hydrogens (tertiary/aromatic N) is 1. The molecule has 102 valence electrons. The molecule has 1 aliphatic rings. The second-order valence-electron chi connectivity index (χ2n) is 4.57. The van der Waals surface area contributed by atoms with Gasteiger partial charge in [-0.1, -0.05) is 0 Å². The molecule has 0 bridgehead atoms. The molecule has 1 aliphatic heterocycles. The molecule has 0 unspecified atom stereocenters. The first-order valence-electron chi connectivity index (χ1n) is 6.35. The first kappa shape index (κ1) is 13.5. The van der Waals surface area contributed by atoms with Crippen molar-refractivity contribution in [3.63, 3.8) is 0 Å². The number of piperidine rings is 1. The number of carbonyl (C=O) groups excluding carboxylic acids is 2. The van der Waals surface area contributed by atoms with Gasteiger partial charge in [-0.3, -0.25) is 9.59 Å². The fourth-order valence-corrected chi connectivity index (χ4v) is 2.12. The Morgan fingerprint density at radius 2 is 2.00 bits per heavy atom. The molecule has 0 N–H and O–H groups in total. The van der Waals surface area contributed by atoms with Crippen molar-refractivity contribution in [3.8, 4) is 5.75 Å². The topological polar surface area (TPSA) is 46.6 Å². The fraction of sp³-hybridized carbons (Fsp3) is 0.429. The molecule has 2 rings (SSSR count). The van der Waals surface area contributed by atoms with E-state index >= 15 is 0 Å². The number of halogens is 1. The van der Waals surface area contributed by atoms with Crippen LogP contribution in [0.25, 0.3) is 0 Å². The maximum Gasteiger partial charge on any atom is 0.260 e. The van der Waals surface area contributed by atoms with Crippen molar-refractivity contribution < 1.29 is 18.7 Å². The summed E-state index contributed by atoms with van der Waals surface area (Å²) < 4.78 is 18.4. The summed E-state index contributed by atoms with van der Waals surface area (Å²) in [4.78, 5) is 24.2. The zero-order valence-electron chi connectivity index (χ0n) is 10.6. The average molecular weight is 265 g/mol. The highest BCUT2D eigenvalue weighted by molar-refractivity contribution is 5.78. The lowest BCUT2D eigenvalue weighted by molar-refractivity contribution is -0.134. The summed E-state index contributed by atoms with van der Waals surface area (Å²) in [7, 11) is 0. The largest absolute Gasteiger partial charge is 0.484 e. The lowest BCUT2D eigenvalue weighted by Crippen LogP contribution is -2.38. The van der Waals surface area contributed by atoms with Gasteiger partial charge in [0, 0.05) is 24.7 Å². The van der Waals surface area contributed by atoms with Crippen molar-refractivity contribution in [2.24, 2.45) is 0 Å². The molecule has 0 aromatic heterocycles. The summed E-state index contributed by atoms with van der Waals surface area (Å²) >= 11 is 0. The molecule has 1 amide bonds. The van der Waals surface area contributed by atoms with Crippen molar-refractivity contribution in [3.05, 3.63) is 29.6 Å². The minimum absolute atomic E-state index is 0.100. The molecule has 0 radical (unpaired) electrons. The van der Waals surface area contributed by atoms with Crippen molar-refractivity contribution in [1.82, 2.24) is 4.90 Å². The van der Waals surface area contributed by atoms with E-state index in [1.807, 2.05) is 0 Å². The standard InChI is InChI=1S/C14H16FNO3/c15-12-6-11(9-17)7-13(8-12)19-10-14(18)16-4-2-1-3-5-16/h6-9H,1-5,10H2. The monoisotopic (exact) mass is 265 g/mol. The molecule has 19 heavy (non-hydrogen) atoms. The summed E-state index contributed by atoms with van der Waals surface area (Å²) in [5.41, 5.74) is 0.195. The number of ether oxygens (including phenoxy) is 1. The van der Waals surface area contributed by atoms with Crippen LogP contribution in [0.3, 0.4) is 0 Å². The Morgan fingerprint density at radius 1 is 1.26 bits per heavy atom. The Hall–Kier alpha value is -1.91. The zero-order valence-corrected chi connectivity index (χ0v) is 10.6. The number of rotatable bonds is 4. The third kappa shape index (κ3) is 3.77. The second kappa shape index (κ2) is 6.31. The lowest BCUT2D eigenvalue weighted by atomic mass is 10.1. The van der Waals surface area contributed by atoms with E-state index < -0.39 is 5.82 Å². The predicted octanol–water partition coefficient (Wildman–Crippen LogP) is 2.03. The normalized spacial score (nSPS) is 15.1. The van der Waals surface area contributed by atoms with E-state index in [2.05, 4.69) is 0 Å². The van der Waals surface area contributed by atoms with Crippen molar-refractivity contribution >= 4 is 12.2 Å². The van der Waals surface area contributed by atoms with E-state index in [9.17, 15) is 14.0 Å². The van der Waals surface area contributed by atoms with Gasteiger partial charge >= 0.3 is 0 Å². The van der Waals surface area contributed by atoms with E-state index in [0.717, 1.165) is 44.5 Å². The first-order valence-corrected chi connectivity index (χ1v) is 6.35. The number of benzene rings is 1. The van der Waals surface area contributed by atoms with Gasteiger partial charge in [0.05, 0.1) is 0 Å². The number of hydrogen-bond acceptors (Lipinski definition) is 3. The fourth-order valence-electron chi connectivity index (χ4n) is 2.12. The van der Waals surface area contributed by atoms with Crippen LogP contribution in [0.5, 0.6) is 5.75 Å². The molecule has 1 aromatic rings. The first-order chi connectivity index (χ1) is 9.19. The number of carbonyl (C=O) groups is 2. The van der Waals surface area contributed by atoms with Crippen LogP contribution < -0.4 is 4.74 Å². The van der Waals surface area contributed by atoms with E-state index in [1.165, 1.54) is 6.07 Å². The van der Waals surface area contributed by atoms with Gasteiger partial charge in [0.2, 0.25) is 0 Å². The third-order valence-electron chi connectivity index (χ3n) is 3.10. The van der Waals surface area contributed by atoms with Gasteiger partial charge in [0.1, 0.15) is 17.9 Å². The molecule has 4 nitrogen and oxygen atoms in total. The third-order valence-corrected chi connectivity index (χ3v) is 3.10. The molecule has 1 heterocycles. The summed E-state index contributed by atoms with van der Waals surface area (Å²) in [6.07, 6.45) is 3.72. The highest BCUT2D eigenvalue weighted by Crippen LogP contribution is 2.16. The summed E-state index contributed by atoms with van der Waals surface area (Å²) in [6.45, 7) is 1.39. The van der Waals surface area contributed by atoms with E-state index in [1.54, 1.807) is 4.90 Å². The highest BCUT2D eigenvalue weighted by Gasteiger charge is 2.16. The number of likely N-dealkylation sites (tertiary alicyclic amines) is 1. The van der Waals surface area contributed by atoms with Crippen molar-refractivity contribution in [2.45, 2.75) is 19.3 Å². The van der Waals surface area contributed by atoms with Gasteiger partial charge in [0.25, 0.3) is 5.91 Å². The Morgan fingerprint density at radius 3 is 2.68 bits per heavy atom. The van der Waals surface area contributed by atoms with Crippen LogP contribution in [0, 0.1) is 5.82 Å². The summed E-state index contributed by atoms with van der Waals surface area (Å²) in [5.74, 6) is -0.450. The van der Waals surface area contributed by atoms with Crippen LogP contribution in [-0.2, 0) is 4.79 Å². The van der Waals surface area contributed by atoms with Gasteiger partial charge in [-0.25, -0.2) is 4.39 Å². The van der Waals surface area contributed by atoms with Crippen LogP contribution in [0.1, 0.15) is 29.6 Å². The molecule has 1 aromatic carbocycles. The molecule has 0 aliphatic carbocycles. The van der Waals surface area contributed by atoms with Gasteiger partial charge in [0.15, 0.2) is 6.61 Å². The molecule has 0 atom stereocenters. The van der Waals surface area contributed by atoms with Crippen molar-refractivity contribution in [2.75, 3.05) is 19.7 Å². The maximum atomic E-state index is 13.2. The molecular formula is C14H16FNO3. The number of hydrogen-bond donors (Lipinski definition) is 0. The summed E-state index contributed by atoms with van der Waals surface area (Å²) in [6, 6.07) is 3.70. The summed E-state index contributed by atoms with van der Waals surface area (Å²) in [5, 5.41) is 0. The van der Waals surface area contributed by atoms with Crippen LogP contribution in [-0.4, -0.2) is 36.8 Å². The van der Waals surface area contributed by atoms with Gasteiger partial charge in [-0.2, -0.15) is 0 Å². The Labute approximate surface area is 111 Å². The average Bonchev–Trinajstić information content (AvgIpc) is 2.45. The molecule has 1 fully saturated rings. The smallest absolute Gasteiger partial charge is 0.260 e. The van der Waals surface area contributed by atoms with Crippen LogP contribution in [0.2, 0.25) is 0 Å². The van der Waals surface area contributed by atoms with E-state index in [0.29, 0.717) is 6.29 Å². The molecule has 0 saturated carbocycles. The SMILES string of the molecule is O=Cc1cc(F)cc(OCC(=O)N2CCCCC2)c1. The van der Waals surface area contributed by atoms with Crippen LogP contribution in [0.15, 0.2) is 18.2 Å². The van der Waals surface area contributed by atoms with Crippen LogP contribution >= 0.6 is 0 Å². The zero-order chi connectivity index (χ0) is 13.7. The molecular weight excluding hydrogens is 249 g/mol. The van der Waals surface area contributed by atoms with E-state index in [-0.39, 0.29) is 23.8 Å².